The summed E-state index contributed by atoms with van der Waals surface area (Å²) < 4.78 is 0. The number of pyridine rings is 1. The van der Waals surface area contributed by atoms with Crippen LogP contribution in [-0.2, 0) is 6.54 Å². The second-order valence-electron chi connectivity index (χ2n) is 6.12. The van der Waals surface area contributed by atoms with Crippen molar-refractivity contribution in [2.75, 3.05) is 18.0 Å². The molecule has 0 radical (unpaired) electrons. The molecule has 0 aliphatic carbocycles. The molecular formula is C20H27N3O. The zero-order valence-electron chi connectivity index (χ0n) is 15.1. The third-order valence-electron chi connectivity index (χ3n) is 4.17. The fraction of sp³-hybridized carbons (Fsp3) is 0.400. The van der Waals surface area contributed by atoms with E-state index in [2.05, 4.69) is 35.9 Å². The van der Waals surface area contributed by atoms with E-state index in [0.29, 0.717) is 24.7 Å². The Kier molecular flexibility index (Phi) is 6.36. The third kappa shape index (κ3) is 4.34. The maximum Gasteiger partial charge on any atom is 0.255 e. The van der Waals surface area contributed by atoms with Gasteiger partial charge in [-0.15, -0.1) is 0 Å². The molecule has 0 fully saturated rings. The maximum atomic E-state index is 12.6. The lowest BCUT2D eigenvalue weighted by molar-refractivity contribution is 0.0772. The number of carbonyl (C=O) groups is 1. The van der Waals surface area contributed by atoms with E-state index in [-0.39, 0.29) is 5.91 Å². The average Bonchev–Trinajstić information content (AvgIpc) is 2.61. The summed E-state index contributed by atoms with van der Waals surface area (Å²) in [7, 11) is 0. The van der Waals surface area contributed by atoms with Crippen LogP contribution in [-0.4, -0.2) is 34.9 Å². The standard InChI is InChI=1S/C20H27N3O/c1-5-22(6-2)20(24)18-12-19(14-21-13-18)23(16(3)4)15-17-10-8-7-9-11-17/h7-14,16H,5-6,15H2,1-4H3. The van der Waals surface area contributed by atoms with Gasteiger partial charge in [0, 0.05) is 31.9 Å². The molecule has 0 spiro atoms. The van der Waals surface area contributed by atoms with Gasteiger partial charge in [0.1, 0.15) is 0 Å². The van der Waals surface area contributed by atoms with Gasteiger partial charge in [-0.1, -0.05) is 30.3 Å². The molecule has 2 rings (SSSR count). The molecule has 1 aromatic carbocycles. The normalized spacial score (nSPS) is 10.7. The Bertz CT molecular complexity index is 651. The van der Waals surface area contributed by atoms with Crippen LogP contribution in [0.2, 0.25) is 0 Å². The summed E-state index contributed by atoms with van der Waals surface area (Å²) in [4.78, 5) is 21.0. The minimum atomic E-state index is 0.0396. The highest BCUT2D eigenvalue weighted by Gasteiger charge is 2.17. The van der Waals surface area contributed by atoms with Crippen LogP contribution in [0.15, 0.2) is 48.8 Å². The number of anilines is 1. The van der Waals surface area contributed by atoms with Crippen molar-refractivity contribution in [3.05, 3.63) is 59.9 Å². The molecule has 0 saturated heterocycles. The van der Waals surface area contributed by atoms with Gasteiger partial charge in [0.15, 0.2) is 0 Å². The van der Waals surface area contributed by atoms with E-state index in [1.54, 1.807) is 6.20 Å². The Balaban J connectivity index is 2.28. The number of benzene rings is 1. The van der Waals surface area contributed by atoms with Gasteiger partial charge in [0.25, 0.3) is 5.91 Å². The molecule has 0 unspecified atom stereocenters. The Morgan fingerprint density at radius 1 is 1.08 bits per heavy atom. The third-order valence-corrected chi connectivity index (χ3v) is 4.17. The lowest BCUT2D eigenvalue weighted by atomic mass is 10.1. The van der Waals surface area contributed by atoms with Crippen LogP contribution >= 0.6 is 0 Å². The van der Waals surface area contributed by atoms with Crippen LogP contribution in [0.1, 0.15) is 43.6 Å². The van der Waals surface area contributed by atoms with Crippen LogP contribution in [0, 0.1) is 0 Å². The Hall–Kier alpha value is -2.36. The molecule has 1 amide bonds. The fourth-order valence-corrected chi connectivity index (χ4v) is 2.75. The average molecular weight is 325 g/mol. The molecule has 0 saturated carbocycles. The molecule has 0 N–H and O–H groups in total. The second kappa shape index (κ2) is 8.48. The van der Waals surface area contributed by atoms with Crippen molar-refractivity contribution in [2.24, 2.45) is 0 Å². The van der Waals surface area contributed by atoms with Crippen molar-refractivity contribution in [3.8, 4) is 0 Å². The largest absolute Gasteiger partial charge is 0.364 e. The van der Waals surface area contributed by atoms with Crippen molar-refractivity contribution < 1.29 is 4.79 Å². The van der Waals surface area contributed by atoms with Crippen molar-refractivity contribution >= 4 is 11.6 Å². The molecule has 1 heterocycles. The van der Waals surface area contributed by atoms with Gasteiger partial charge in [0.2, 0.25) is 0 Å². The molecule has 24 heavy (non-hydrogen) atoms. The van der Waals surface area contributed by atoms with Crippen molar-refractivity contribution in [1.29, 1.82) is 0 Å². The molecular weight excluding hydrogens is 298 g/mol. The number of rotatable bonds is 7. The highest BCUT2D eigenvalue weighted by atomic mass is 16.2. The van der Waals surface area contributed by atoms with Gasteiger partial charge in [-0.25, -0.2) is 0 Å². The van der Waals surface area contributed by atoms with E-state index >= 15 is 0 Å². The van der Waals surface area contributed by atoms with E-state index in [1.165, 1.54) is 5.56 Å². The first kappa shape index (κ1) is 18.0. The lowest BCUT2D eigenvalue weighted by Crippen LogP contribution is -2.32. The monoisotopic (exact) mass is 325 g/mol. The van der Waals surface area contributed by atoms with Crippen LogP contribution in [0.3, 0.4) is 0 Å². The van der Waals surface area contributed by atoms with E-state index in [0.717, 1.165) is 12.2 Å². The smallest absolute Gasteiger partial charge is 0.255 e. The minimum Gasteiger partial charge on any atom is -0.364 e. The molecule has 128 valence electrons. The van der Waals surface area contributed by atoms with Crippen molar-refractivity contribution in [3.63, 3.8) is 0 Å². The fourth-order valence-electron chi connectivity index (χ4n) is 2.75. The zero-order valence-corrected chi connectivity index (χ0v) is 15.1. The van der Waals surface area contributed by atoms with Gasteiger partial charge < -0.3 is 9.80 Å². The van der Waals surface area contributed by atoms with E-state index in [1.807, 2.05) is 49.2 Å². The van der Waals surface area contributed by atoms with Gasteiger partial charge in [-0.05, 0) is 39.3 Å². The maximum absolute atomic E-state index is 12.6. The van der Waals surface area contributed by atoms with Crippen LogP contribution < -0.4 is 4.90 Å². The Labute approximate surface area is 145 Å². The number of carbonyl (C=O) groups excluding carboxylic acids is 1. The molecule has 4 heteroatoms. The molecule has 0 atom stereocenters. The Morgan fingerprint density at radius 2 is 1.75 bits per heavy atom. The quantitative estimate of drug-likeness (QED) is 0.772. The number of nitrogens with zero attached hydrogens (tertiary/aromatic N) is 3. The van der Waals surface area contributed by atoms with E-state index in [4.69, 9.17) is 0 Å². The van der Waals surface area contributed by atoms with Crippen LogP contribution in [0.5, 0.6) is 0 Å². The van der Waals surface area contributed by atoms with Gasteiger partial charge in [-0.3, -0.25) is 9.78 Å². The summed E-state index contributed by atoms with van der Waals surface area (Å²) in [5, 5.41) is 0. The SMILES string of the molecule is CCN(CC)C(=O)c1cncc(N(Cc2ccccc2)C(C)C)c1. The first-order chi connectivity index (χ1) is 11.6. The number of amides is 1. The Morgan fingerprint density at radius 3 is 2.33 bits per heavy atom. The molecule has 1 aromatic heterocycles. The summed E-state index contributed by atoms with van der Waals surface area (Å²) >= 11 is 0. The topological polar surface area (TPSA) is 36.4 Å². The first-order valence-corrected chi connectivity index (χ1v) is 8.61. The molecule has 4 nitrogen and oxygen atoms in total. The summed E-state index contributed by atoms with van der Waals surface area (Å²) in [6.45, 7) is 10.5. The number of hydrogen-bond donors (Lipinski definition) is 0. The van der Waals surface area contributed by atoms with Crippen molar-refractivity contribution in [1.82, 2.24) is 9.88 Å². The minimum absolute atomic E-state index is 0.0396. The second-order valence-corrected chi connectivity index (χ2v) is 6.12. The summed E-state index contributed by atoms with van der Waals surface area (Å²) in [5.74, 6) is 0.0396. The van der Waals surface area contributed by atoms with Crippen LogP contribution in [0.4, 0.5) is 5.69 Å². The summed E-state index contributed by atoms with van der Waals surface area (Å²) in [6.07, 6.45) is 3.49. The van der Waals surface area contributed by atoms with E-state index < -0.39 is 0 Å². The molecule has 2 aromatic rings. The first-order valence-electron chi connectivity index (χ1n) is 8.61. The van der Waals surface area contributed by atoms with Crippen molar-refractivity contribution in [2.45, 2.75) is 40.3 Å². The van der Waals surface area contributed by atoms with Gasteiger partial charge in [0.05, 0.1) is 17.4 Å². The van der Waals surface area contributed by atoms with Crippen LogP contribution in [0.25, 0.3) is 0 Å². The predicted molar refractivity (Wildman–Crippen MR) is 99.2 cm³/mol. The van der Waals surface area contributed by atoms with E-state index in [9.17, 15) is 4.79 Å². The zero-order chi connectivity index (χ0) is 17.5. The lowest BCUT2D eigenvalue weighted by Gasteiger charge is -2.29. The molecule has 0 bridgehead atoms. The van der Waals surface area contributed by atoms with Gasteiger partial charge >= 0.3 is 0 Å². The highest BCUT2D eigenvalue weighted by Crippen LogP contribution is 2.21. The summed E-state index contributed by atoms with van der Waals surface area (Å²) in [6, 6.07) is 12.6. The molecule has 0 aliphatic heterocycles. The highest BCUT2D eigenvalue weighted by molar-refractivity contribution is 5.94. The van der Waals surface area contributed by atoms with Gasteiger partial charge in [-0.2, -0.15) is 0 Å². The molecule has 0 aliphatic rings. The summed E-state index contributed by atoms with van der Waals surface area (Å²) in [5.41, 5.74) is 2.87. The number of hydrogen-bond acceptors (Lipinski definition) is 3. The predicted octanol–water partition coefficient (Wildman–Crippen LogP) is 3.98. The number of aromatic nitrogens is 1.